The third-order valence-corrected chi connectivity index (χ3v) is 4.18. The lowest BCUT2D eigenvalue weighted by Gasteiger charge is -2.15. The fourth-order valence-electron chi connectivity index (χ4n) is 1.87. The van der Waals surface area contributed by atoms with Gasteiger partial charge in [-0.1, -0.05) is 25.4 Å². The van der Waals surface area contributed by atoms with Gasteiger partial charge in [-0.15, -0.1) is 0 Å². The highest BCUT2D eigenvalue weighted by atomic mass is 35.5. The Bertz CT molecular complexity index is 406. The Morgan fingerprint density at radius 2 is 2.27 bits per heavy atom. The smallest absolute Gasteiger partial charge is 0.0552 e. The number of benzene rings is 1. The maximum Gasteiger partial charge on any atom is 0.0552 e. The molecule has 0 aliphatic carbocycles. The number of rotatable bonds is 2. The molecule has 1 aliphatic heterocycles. The first-order valence-electron chi connectivity index (χ1n) is 5.02. The van der Waals surface area contributed by atoms with Crippen LogP contribution in [0.15, 0.2) is 23.1 Å². The lowest BCUT2D eigenvalue weighted by atomic mass is 10.1. The van der Waals surface area contributed by atoms with E-state index in [0.29, 0.717) is 16.8 Å². The van der Waals surface area contributed by atoms with Crippen LogP contribution in [0.25, 0.3) is 0 Å². The van der Waals surface area contributed by atoms with E-state index in [1.54, 1.807) is 6.07 Å². The van der Waals surface area contributed by atoms with Gasteiger partial charge >= 0.3 is 0 Å². The molecule has 2 atom stereocenters. The summed E-state index contributed by atoms with van der Waals surface area (Å²) in [4.78, 5) is 0.928. The van der Waals surface area contributed by atoms with E-state index in [-0.39, 0.29) is 6.04 Å². The van der Waals surface area contributed by atoms with Crippen molar-refractivity contribution in [2.75, 3.05) is 5.75 Å². The van der Waals surface area contributed by atoms with Crippen molar-refractivity contribution < 1.29 is 4.21 Å². The zero-order valence-corrected chi connectivity index (χ0v) is 10.4. The molecule has 0 spiro atoms. The van der Waals surface area contributed by atoms with Gasteiger partial charge in [0.15, 0.2) is 0 Å². The van der Waals surface area contributed by atoms with Crippen LogP contribution in [0.4, 0.5) is 0 Å². The fourth-order valence-corrected chi connectivity index (χ4v) is 3.49. The van der Waals surface area contributed by atoms with E-state index in [2.05, 4.69) is 19.2 Å². The van der Waals surface area contributed by atoms with Crippen LogP contribution in [0.3, 0.4) is 0 Å². The van der Waals surface area contributed by atoms with Crippen molar-refractivity contribution in [2.24, 2.45) is 0 Å². The van der Waals surface area contributed by atoms with Crippen molar-refractivity contribution in [3.8, 4) is 0 Å². The Morgan fingerprint density at radius 1 is 1.53 bits per heavy atom. The number of halogens is 1. The van der Waals surface area contributed by atoms with Crippen molar-refractivity contribution in [3.63, 3.8) is 0 Å². The topological polar surface area (TPSA) is 29.1 Å². The predicted molar refractivity (Wildman–Crippen MR) is 63.7 cm³/mol. The molecule has 2 rings (SSSR count). The summed E-state index contributed by atoms with van der Waals surface area (Å²) in [6.07, 6.45) is 0. The second-order valence-corrected chi connectivity index (χ2v) is 5.97. The van der Waals surface area contributed by atoms with Crippen molar-refractivity contribution in [1.82, 2.24) is 5.32 Å². The van der Waals surface area contributed by atoms with Crippen LogP contribution < -0.4 is 5.32 Å². The quantitative estimate of drug-likeness (QED) is 0.865. The molecule has 0 bridgehead atoms. The molecule has 0 amide bonds. The molecule has 0 saturated carbocycles. The molecule has 2 unspecified atom stereocenters. The standard InChI is InChI=1S/C11H14ClNOS/c1-7(2)13-10-6-15(14)11-4-3-8(12)5-9(10)11/h3-5,7,10,13H,6H2,1-2H3. The Labute approximate surface area is 97.5 Å². The van der Waals surface area contributed by atoms with Gasteiger partial charge in [-0.05, 0) is 23.8 Å². The predicted octanol–water partition coefficient (Wildman–Crippen LogP) is 2.50. The average molecular weight is 244 g/mol. The Morgan fingerprint density at radius 3 is 2.93 bits per heavy atom. The van der Waals surface area contributed by atoms with Gasteiger partial charge in [0.05, 0.1) is 10.8 Å². The fraction of sp³-hybridized carbons (Fsp3) is 0.455. The van der Waals surface area contributed by atoms with Gasteiger partial charge in [0.2, 0.25) is 0 Å². The normalized spacial score (nSPS) is 24.5. The molecule has 0 fully saturated rings. The molecule has 4 heteroatoms. The van der Waals surface area contributed by atoms with Gasteiger partial charge in [0.25, 0.3) is 0 Å². The molecule has 15 heavy (non-hydrogen) atoms. The molecule has 1 aromatic carbocycles. The summed E-state index contributed by atoms with van der Waals surface area (Å²) in [7, 11) is -0.874. The van der Waals surface area contributed by atoms with Crippen LogP contribution in [0.1, 0.15) is 25.5 Å². The summed E-state index contributed by atoms with van der Waals surface area (Å²) in [6.45, 7) is 4.18. The van der Waals surface area contributed by atoms with Gasteiger partial charge in [0, 0.05) is 27.8 Å². The number of nitrogens with one attached hydrogen (secondary N) is 1. The van der Waals surface area contributed by atoms with Crippen LogP contribution in [0, 0.1) is 0 Å². The van der Waals surface area contributed by atoms with Crippen LogP contribution in [-0.2, 0) is 10.8 Å². The molecule has 0 aromatic heterocycles. The first-order valence-corrected chi connectivity index (χ1v) is 6.71. The minimum atomic E-state index is -0.874. The highest BCUT2D eigenvalue weighted by molar-refractivity contribution is 7.85. The SMILES string of the molecule is CC(C)NC1CS(=O)c2ccc(Cl)cc21. The summed E-state index contributed by atoms with van der Waals surface area (Å²) in [5.74, 6) is 0.661. The Hall–Kier alpha value is -0.380. The maximum atomic E-state index is 11.8. The molecule has 1 heterocycles. The van der Waals surface area contributed by atoms with E-state index in [1.165, 1.54) is 0 Å². The Kier molecular flexibility index (Phi) is 3.14. The van der Waals surface area contributed by atoms with Crippen LogP contribution in [-0.4, -0.2) is 16.0 Å². The minimum Gasteiger partial charge on any atom is -0.307 e. The van der Waals surface area contributed by atoms with E-state index in [1.807, 2.05) is 12.1 Å². The number of hydrogen-bond donors (Lipinski definition) is 1. The van der Waals surface area contributed by atoms with E-state index >= 15 is 0 Å². The van der Waals surface area contributed by atoms with E-state index in [4.69, 9.17) is 11.6 Å². The van der Waals surface area contributed by atoms with E-state index < -0.39 is 10.8 Å². The van der Waals surface area contributed by atoms with E-state index in [0.717, 1.165) is 10.5 Å². The van der Waals surface area contributed by atoms with Gasteiger partial charge in [0.1, 0.15) is 0 Å². The van der Waals surface area contributed by atoms with Gasteiger partial charge < -0.3 is 5.32 Å². The highest BCUT2D eigenvalue weighted by Crippen LogP contribution is 2.32. The Balaban J connectivity index is 2.35. The summed E-state index contributed by atoms with van der Waals surface area (Å²) < 4.78 is 11.8. The first kappa shape index (κ1) is 11.1. The van der Waals surface area contributed by atoms with Crippen molar-refractivity contribution >= 4 is 22.4 Å². The molecule has 0 radical (unpaired) electrons. The average Bonchev–Trinajstić information content (AvgIpc) is 2.42. The third kappa shape index (κ3) is 2.25. The lowest BCUT2D eigenvalue weighted by molar-refractivity contribution is 0.511. The number of hydrogen-bond acceptors (Lipinski definition) is 2. The summed E-state index contributed by atoms with van der Waals surface area (Å²) in [5, 5.41) is 4.12. The van der Waals surface area contributed by atoms with Crippen LogP contribution in [0.2, 0.25) is 5.02 Å². The van der Waals surface area contributed by atoms with Gasteiger partial charge in [-0.25, -0.2) is 0 Å². The molecular formula is C11H14ClNOS. The second-order valence-electron chi connectivity index (χ2n) is 4.07. The largest absolute Gasteiger partial charge is 0.307 e. The molecule has 0 saturated heterocycles. The molecule has 1 aromatic rings. The zero-order chi connectivity index (χ0) is 11.0. The lowest BCUT2D eigenvalue weighted by Crippen LogP contribution is -2.28. The maximum absolute atomic E-state index is 11.8. The molecule has 1 aliphatic rings. The van der Waals surface area contributed by atoms with Crippen molar-refractivity contribution in [1.29, 1.82) is 0 Å². The number of fused-ring (bicyclic) bond motifs is 1. The van der Waals surface area contributed by atoms with Crippen molar-refractivity contribution in [3.05, 3.63) is 28.8 Å². The molecular weight excluding hydrogens is 230 g/mol. The summed E-state index contributed by atoms with van der Waals surface area (Å²) >= 11 is 5.95. The van der Waals surface area contributed by atoms with Gasteiger partial charge in [-0.2, -0.15) is 0 Å². The van der Waals surface area contributed by atoms with Crippen LogP contribution in [0.5, 0.6) is 0 Å². The van der Waals surface area contributed by atoms with Gasteiger partial charge in [-0.3, -0.25) is 4.21 Å². The molecule has 82 valence electrons. The zero-order valence-electron chi connectivity index (χ0n) is 8.79. The monoisotopic (exact) mass is 243 g/mol. The van der Waals surface area contributed by atoms with Crippen molar-refractivity contribution in [2.45, 2.75) is 30.8 Å². The minimum absolute atomic E-state index is 0.180. The van der Waals surface area contributed by atoms with Crippen LogP contribution >= 0.6 is 11.6 Å². The third-order valence-electron chi connectivity index (χ3n) is 2.45. The second kappa shape index (κ2) is 4.24. The highest BCUT2D eigenvalue weighted by Gasteiger charge is 2.28. The molecule has 2 nitrogen and oxygen atoms in total. The summed E-state index contributed by atoms with van der Waals surface area (Å²) in [6, 6.07) is 6.16. The first-order chi connectivity index (χ1) is 7.08. The molecule has 1 N–H and O–H groups in total. The van der Waals surface area contributed by atoms with E-state index in [9.17, 15) is 4.21 Å². The summed E-state index contributed by atoms with van der Waals surface area (Å²) in [5.41, 5.74) is 1.09.